The van der Waals surface area contributed by atoms with Gasteiger partial charge in [0.15, 0.2) is 0 Å². The van der Waals surface area contributed by atoms with Crippen molar-refractivity contribution in [3.63, 3.8) is 0 Å². The Bertz CT molecular complexity index is 948. The van der Waals surface area contributed by atoms with Crippen LogP contribution in [0.2, 0.25) is 10.0 Å². The maximum absolute atomic E-state index is 12.6. The number of halogens is 2. The van der Waals surface area contributed by atoms with Crippen LogP contribution in [-0.4, -0.2) is 34.8 Å². The highest BCUT2D eigenvalue weighted by atomic mass is 35.5. The highest BCUT2D eigenvalue weighted by molar-refractivity contribution is 7.92. The first-order valence-corrected chi connectivity index (χ1v) is 9.79. The predicted octanol–water partition coefficient (Wildman–Crippen LogP) is 3.63. The Morgan fingerprint density at radius 3 is 2.23 bits per heavy atom. The summed E-state index contributed by atoms with van der Waals surface area (Å²) in [7, 11) is -0.623. The van der Waals surface area contributed by atoms with E-state index in [1.54, 1.807) is 0 Å². The van der Waals surface area contributed by atoms with Crippen molar-refractivity contribution < 1.29 is 22.7 Å². The molecule has 0 radical (unpaired) electrons. The lowest BCUT2D eigenvalue weighted by Crippen LogP contribution is -2.15. The molecule has 0 spiro atoms. The van der Waals surface area contributed by atoms with Gasteiger partial charge in [-0.2, -0.15) is 0 Å². The molecule has 0 unspecified atom stereocenters. The van der Waals surface area contributed by atoms with E-state index in [1.807, 2.05) is 0 Å². The molecule has 0 saturated carbocycles. The molecule has 0 saturated heterocycles. The van der Waals surface area contributed by atoms with Crippen LogP contribution in [0.5, 0.6) is 11.5 Å². The SMILES string of the molecule is COc1cc(NC(=O)c2cc(NS(C)(=O)=O)ccc2Cl)c(OC)cc1Cl. The zero-order valence-electron chi connectivity index (χ0n) is 14.1. The molecule has 0 aliphatic carbocycles. The molecular formula is C16H16Cl2N2O5S. The van der Waals surface area contributed by atoms with Gasteiger partial charge in [-0.05, 0) is 18.2 Å². The number of nitrogens with one attached hydrogen (secondary N) is 2. The van der Waals surface area contributed by atoms with Crippen LogP contribution in [0.15, 0.2) is 30.3 Å². The number of benzene rings is 2. The normalized spacial score (nSPS) is 11.0. The van der Waals surface area contributed by atoms with Gasteiger partial charge in [-0.3, -0.25) is 9.52 Å². The number of hydrogen-bond donors (Lipinski definition) is 2. The third-order valence-electron chi connectivity index (χ3n) is 3.24. The largest absolute Gasteiger partial charge is 0.495 e. The second kappa shape index (κ2) is 8.03. The molecule has 2 aromatic carbocycles. The Labute approximate surface area is 161 Å². The lowest BCUT2D eigenvalue weighted by atomic mass is 10.1. The number of sulfonamides is 1. The smallest absolute Gasteiger partial charge is 0.257 e. The van der Waals surface area contributed by atoms with E-state index >= 15 is 0 Å². The van der Waals surface area contributed by atoms with E-state index in [2.05, 4.69) is 10.0 Å². The molecule has 7 nitrogen and oxygen atoms in total. The van der Waals surface area contributed by atoms with Gasteiger partial charge in [-0.25, -0.2) is 8.42 Å². The Hall–Kier alpha value is -2.16. The Kier molecular flexibility index (Phi) is 6.22. The number of hydrogen-bond acceptors (Lipinski definition) is 5. The van der Waals surface area contributed by atoms with Gasteiger partial charge in [-0.1, -0.05) is 23.2 Å². The van der Waals surface area contributed by atoms with Gasteiger partial charge in [0.25, 0.3) is 5.91 Å². The first-order chi connectivity index (χ1) is 12.1. The summed E-state index contributed by atoms with van der Waals surface area (Å²) in [5.74, 6) is 0.113. The summed E-state index contributed by atoms with van der Waals surface area (Å²) in [6.07, 6.45) is 1.01. The molecule has 0 atom stereocenters. The molecule has 0 aliphatic rings. The molecule has 2 aromatic rings. The second-order valence-electron chi connectivity index (χ2n) is 5.21. The Morgan fingerprint density at radius 2 is 1.65 bits per heavy atom. The van der Waals surface area contributed by atoms with Crippen LogP contribution in [0.4, 0.5) is 11.4 Å². The van der Waals surface area contributed by atoms with Crippen molar-refractivity contribution in [3.8, 4) is 11.5 Å². The maximum atomic E-state index is 12.6. The molecule has 0 heterocycles. The molecule has 0 bridgehead atoms. The lowest BCUT2D eigenvalue weighted by molar-refractivity contribution is 0.102. The van der Waals surface area contributed by atoms with Crippen LogP contribution in [0.25, 0.3) is 0 Å². The van der Waals surface area contributed by atoms with E-state index in [1.165, 1.54) is 44.6 Å². The minimum atomic E-state index is -3.49. The fraction of sp³-hybridized carbons (Fsp3) is 0.188. The van der Waals surface area contributed by atoms with Crippen molar-refractivity contribution in [1.82, 2.24) is 0 Å². The summed E-state index contributed by atoms with van der Waals surface area (Å²) in [5.41, 5.74) is 0.607. The minimum Gasteiger partial charge on any atom is -0.495 e. The van der Waals surface area contributed by atoms with Crippen molar-refractivity contribution in [1.29, 1.82) is 0 Å². The van der Waals surface area contributed by atoms with Crippen LogP contribution in [0, 0.1) is 0 Å². The Balaban J connectivity index is 2.37. The fourth-order valence-corrected chi connectivity index (χ4v) is 3.11. The van der Waals surface area contributed by atoms with Gasteiger partial charge in [0.2, 0.25) is 10.0 Å². The molecule has 2 rings (SSSR count). The average molecular weight is 419 g/mol. The monoisotopic (exact) mass is 418 g/mol. The molecule has 0 fully saturated rings. The zero-order valence-corrected chi connectivity index (χ0v) is 16.4. The molecule has 140 valence electrons. The van der Waals surface area contributed by atoms with Crippen molar-refractivity contribution in [2.24, 2.45) is 0 Å². The molecule has 2 N–H and O–H groups in total. The Morgan fingerprint density at radius 1 is 1.00 bits per heavy atom. The number of anilines is 2. The van der Waals surface area contributed by atoms with Gasteiger partial charge in [-0.15, -0.1) is 0 Å². The molecule has 0 aromatic heterocycles. The third-order valence-corrected chi connectivity index (χ3v) is 4.47. The quantitative estimate of drug-likeness (QED) is 0.746. The second-order valence-corrected chi connectivity index (χ2v) is 7.77. The fourth-order valence-electron chi connectivity index (χ4n) is 2.12. The van der Waals surface area contributed by atoms with Crippen LogP contribution in [-0.2, 0) is 10.0 Å². The molecule has 26 heavy (non-hydrogen) atoms. The van der Waals surface area contributed by atoms with Gasteiger partial charge in [0, 0.05) is 17.8 Å². The molecule has 10 heteroatoms. The summed E-state index contributed by atoms with van der Waals surface area (Å²) < 4.78 is 35.3. The topological polar surface area (TPSA) is 93.7 Å². The average Bonchev–Trinajstić information content (AvgIpc) is 2.56. The van der Waals surface area contributed by atoms with Gasteiger partial charge in [0.05, 0.1) is 41.8 Å². The summed E-state index contributed by atoms with van der Waals surface area (Å²) in [5, 5.41) is 3.12. The van der Waals surface area contributed by atoms with Crippen LogP contribution < -0.4 is 19.5 Å². The molecule has 1 amide bonds. The molecular weight excluding hydrogens is 403 g/mol. The first kappa shape index (κ1) is 20.2. The van der Waals surface area contributed by atoms with Crippen LogP contribution >= 0.6 is 23.2 Å². The van der Waals surface area contributed by atoms with E-state index in [0.29, 0.717) is 22.2 Å². The lowest BCUT2D eigenvalue weighted by Gasteiger charge is -2.14. The number of carbonyl (C=O) groups is 1. The van der Waals surface area contributed by atoms with Crippen molar-refractivity contribution >= 4 is 50.5 Å². The van der Waals surface area contributed by atoms with Crippen molar-refractivity contribution in [3.05, 3.63) is 45.9 Å². The highest BCUT2D eigenvalue weighted by Crippen LogP contribution is 2.36. The predicted molar refractivity (Wildman–Crippen MR) is 102 cm³/mol. The summed E-state index contributed by atoms with van der Waals surface area (Å²) in [4.78, 5) is 12.6. The van der Waals surface area contributed by atoms with E-state index in [-0.39, 0.29) is 16.3 Å². The van der Waals surface area contributed by atoms with E-state index in [4.69, 9.17) is 32.7 Å². The third kappa shape index (κ3) is 4.94. The van der Waals surface area contributed by atoms with Crippen molar-refractivity contribution in [2.75, 3.05) is 30.5 Å². The number of carbonyl (C=O) groups excluding carboxylic acids is 1. The van der Waals surface area contributed by atoms with Crippen LogP contribution in [0.3, 0.4) is 0 Å². The number of ether oxygens (including phenoxy) is 2. The van der Waals surface area contributed by atoms with E-state index < -0.39 is 15.9 Å². The standard InChI is InChI=1S/C16H16Cl2N2O5S/c1-24-14-8-13(15(25-2)7-12(14)18)19-16(21)10-6-9(4-5-11(10)17)20-26(3,22)23/h4-8,20H,1-3H3,(H,19,21). The zero-order chi connectivity index (χ0) is 19.5. The van der Waals surface area contributed by atoms with Gasteiger partial charge < -0.3 is 14.8 Å². The maximum Gasteiger partial charge on any atom is 0.257 e. The van der Waals surface area contributed by atoms with Gasteiger partial charge in [0.1, 0.15) is 11.5 Å². The first-order valence-electron chi connectivity index (χ1n) is 7.15. The number of amides is 1. The summed E-state index contributed by atoms with van der Waals surface area (Å²) in [6, 6.07) is 7.21. The van der Waals surface area contributed by atoms with Gasteiger partial charge >= 0.3 is 0 Å². The van der Waals surface area contributed by atoms with Crippen molar-refractivity contribution in [2.45, 2.75) is 0 Å². The number of methoxy groups -OCH3 is 2. The van der Waals surface area contributed by atoms with E-state index in [9.17, 15) is 13.2 Å². The van der Waals surface area contributed by atoms with E-state index in [0.717, 1.165) is 6.26 Å². The van der Waals surface area contributed by atoms with Crippen LogP contribution in [0.1, 0.15) is 10.4 Å². The highest BCUT2D eigenvalue weighted by Gasteiger charge is 2.17. The minimum absolute atomic E-state index is 0.0799. The summed E-state index contributed by atoms with van der Waals surface area (Å²) in [6.45, 7) is 0. The summed E-state index contributed by atoms with van der Waals surface area (Å²) >= 11 is 12.1. The number of rotatable bonds is 6. The molecule has 0 aliphatic heterocycles.